The van der Waals surface area contributed by atoms with E-state index in [4.69, 9.17) is 30.9 Å². The zero-order valence-electron chi connectivity index (χ0n) is 35.9. The Morgan fingerprint density at radius 1 is 0.698 bits per heavy atom. The molecule has 4 heterocycles. The molecule has 0 saturated carbocycles. The maximum absolute atomic E-state index is 13.8. The Labute approximate surface area is 362 Å². The van der Waals surface area contributed by atoms with Gasteiger partial charge in [0.1, 0.15) is 33.9 Å². The maximum atomic E-state index is 13.8. The molecule has 7 rings (SSSR count). The Hall–Kier alpha value is -7.96. The summed E-state index contributed by atoms with van der Waals surface area (Å²) in [5.74, 6) is -1.20. The van der Waals surface area contributed by atoms with Crippen LogP contribution in [0.1, 0.15) is 72.5 Å². The number of hydrogen-bond donors (Lipinski definition) is 5. The third-order valence-electron chi connectivity index (χ3n) is 10.4. The number of anilines is 3. The van der Waals surface area contributed by atoms with Crippen molar-refractivity contribution in [1.82, 2.24) is 38.7 Å². The molecule has 7 aromatic rings. The van der Waals surface area contributed by atoms with Gasteiger partial charge in [-0.05, 0) is 81.8 Å². The van der Waals surface area contributed by atoms with Gasteiger partial charge in [-0.25, -0.2) is 9.97 Å². The van der Waals surface area contributed by atoms with Crippen LogP contribution in [0.4, 0.5) is 17.6 Å². The highest BCUT2D eigenvalue weighted by Crippen LogP contribution is 2.33. The third-order valence-corrected chi connectivity index (χ3v) is 10.4. The minimum atomic E-state index is -0.671. The van der Waals surface area contributed by atoms with Gasteiger partial charge in [-0.15, -0.1) is 0 Å². The molecular formula is C44H49N13O6. The molecule has 0 aliphatic rings. The van der Waals surface area contributed by atoms with E-state index < -0.39 is 23.6 Å². The SMILES string of the molecule is CCn1nc(C)cc1C(=O)Nc1nc2cc(C(N)=O)cc(OC)c2n1C/C=C/Cn1c(NC(=O)c2cc(C)nn2CC)nc2cc(C(N)=O)cc(OCCc3ccc(NC)cc3)c21. The van der Waals surface area contributed by atoms with Crippen LogP contribution in [-0.4, -0.2) is 83.1 Å². The quantitative estimate of drug-likeness (QED) is 0.0714. The number of imidazole rings is 2. The van der Waals surface area contributed by atoms with Gasteiger partial charge < -0.3 is 35.4 Å². The lowest BCUT2D eigenvalue weighted by atomic mass is 10.1. The molecule has 0 fully saturated rings. The van der Waals surface area contributed by atoms with Gasteiger partial charge in [-0.3, -0.25) is 39.2 Å². The first-order valence-corrected chi connectivity index (χ1v) is 20.3. The molecule has 0 spiro atoms. The highest BCUT2D eigenvalue weighted by molar-refractivity contribution is 6.05. The molecule has 19 heteroatoms. The van der Waals surface area contributed by atoms with Crippen molar-refractivity contribution in [2.24, 2.45) is 11.5 Å². The number of aromatic nitrogens is 8. The average molecular weight is 856 g/mol. The smallest absolute Gasteiger partial charge is 0.276 e. The van der Waals surface area contributed by atoms with Crippen molar-refractivity contribution < 1.29 is 28.7 Å². The van der Waals surface area contributed by atoms with Crippen LogP contribution in [0.5, 0.6) is 11.5 Å². The van der Waals surface area contributed by atoms with Gasteiger partial charge in [0.05, 0.1) is 36.1 Å². The van der Waals surface area contributed by atoms with Crippen LogP contribution >= 0.6 is 0 Å². The number of methoxy groups -OCH3 is 1. The van der Waals surface area contributed by atoms with Crippen molar-refractivity contribution in [1.29, 1.82) is 0 Å². The number of allylic oxidation sites excluding steroid dienone is 2. The van der Waals surface area contributed by atoms with Gasteiger partial charge in [-0.1, -0.05) is 24.3 Å². The number of aryl methyl sites for hydroxylation is 4. The molecule has 0 radical (unpaired) electrons. The molecule has 0 bridgehead atoms. The number of ether oxygens (including phenoxy) is 2. The van der Waals surface area contributed by atoms with Crippen molar-refractivity contribution in [3.8, 4) is 11.5 Å². The van der Waals surface area contributed by atoms with E-state index in [0.29, 0.717) is 75.9 Å². The molecule has 4 amide bonds. The number of carbonyl (C=O) groups is 4. The highest BCUT2D eigenvalue weighted by Gasteiger charge is 2.24. The number of nitrogens with one attached hydrogen (secondary N) is 3. The van der Waals surface area contributed by atoms with E-state index in [9.17, 15) is 19.2 Å². The topological polar surface area (TPSA) is 246 Å². The average Bonchev–Trinajstić information content (AvgIpc) is 4.04. The summed E-state index contributed by atoms with van der Waals surface area (Å²) in [7, 11) is 3.32. The Morgan fingerprint density at radius 3 is 1.62 bits per heavy atom. The number of hydrogen-bond acceptors (Lipinski definition) is 11. The van der Waals surface area contributed by atoms with Crippen LogP contribution in [-0.2, 0) is 32.6 Å². The first-order valence-electron chi connectivity index (χ1n) is 20.3. The fraction of sp³-hybridized carbons (Fsp3) is 0.273. The molecule has 0 aliphatic carbocycles. The molecule has 3 aromatic carbocycles. The monoisotopic (exact) mass is 855 g/mol. The van der Waals surface area contributed by atoms with E-state index in [1.807, 2.05) is 57.3 Å². The minimum absolute atomic E-state index is 0.155. The largest absolute Gasteiger partial charge is 0.494 e. The van der Waals surface area contributed by atoms with Crippen molar-refractivity contribution in [2.45, 2.75) is 60.3 Å². The molecule has 0 unspecified atom stereocenters. The number of nitrogens with zero attached hydrogens (tertiary/aromatic N) is 8. The van der Waals surface area contributed by atoms with Crippen LogP contribution in [0, 0.1) is 13.8 Å². The van der Waals surface area contributed by atoms with E-state index in [1.165, 1.54) is 19.2 Å². The van der Waals surface area contributed by atoms with Gasteiger partial charge in [0.15, 0.2) is 0 Å². The second kappa shape index (κ2) is 18.3. The van der Waals surface area contributed by atoms with Crippen molar-refractivity contribution in [2.75, 3.05) is 36.7 Å². The molecule has 19 nitrogen and oxygen atoms in total. The number of fused-ring (bicyclic) bond motifs is 2. The fourth-order valence-electron chi connectivity index (χ4n) is 7.30. The summed E-state index contributed by atoms with van der Waals surface area (Å²) in [5, 5.41) is 17.8. The van der Waals surface area contributed by atoms with Crippen LogP contribution in [0.3, 0.4) is 0 Å². The van der Waals surface area contributed by atoms with Crippen LogP contribution in [0.15, 0.2) is 72.8 Å². The van der Waals surface area contributed by atoms with E-state index in [1.54, 1.807) is 56.6 Å². The summed E-state index contributed by atoms with van der Waals surface area (Å²) in [6.45, 7) is 8.90. The van der Waals surface area contributed by atoms with Gasteiger partial charge in [0.25, 0.3) is 11.8 Å². The Kier molecular flexibility index (Phi) is 12.6. The highest BCUT2D eigenvalue weighted by atomic mass is 16.5. The molecule has 0 atom stereocenters. The number of nitrogens with two attached hydrogens (primary N) is 2. The van der Waals surface area contributed by atoms with Crippen molar-refractivity contribution >= 4 is 63.3 Å². The van der Waals surface area contributed by atoms with Crippen LogP contribution in [0.25, 0.3) is 22.1 Å². The summed E-state index contributed by atoms with van der Waals surface area (Å²) < 4.78 is 18.8. The van der Waals surface area contributed by atoms with E-state index in [2.05, 4.69) is 26.1 Å². The van der Waals surface area contributed by atoms with Crippen molar-refractivity contribution in [3.05, 3.63) is 112 Å². The van der Waals surface area contributed by atoms with Crippen LogP contribution < -0.4 is 36.9 Å². The number of primary amides is 2. The lowest BCUT2D eigenvalue weighted by Crippen LogP contribution is -2.20. The zero-order valence-corrected chi connectivity index (χ0v) is 35.9. The standard InChI is InChI=1S/C44H49N13O6/c1-7-56-33(19-25(3)52-56)41(60)50-43-48-31-21-28(39(45)58)23-35(62-6)37(31)54(43)16-9-10-17-55-38-32(49-44(55)51-42(61)34-20-26(4)53-57(34)8-2)22-29(40(46)59)24-36(38)63-18-15-27-11-13-30(47-5)14-12-27/h9-14,19-24,47H,7-8,15-18H2,1-6H3,(H2,45,58)(H2,46,59)(H,48,50,60)(H,49,51,61)/b10-9+. The van der Waals surface area contributed by atoms with Gasteiger partial charge in [-0.2, -0.15) is 10.2 Å². The molecule has 0 aliphatic heterocycles. The summed E-state index contributed by atoms with van der Waals surface area (Å²) in [6, 6.07) is 17.5. The predicted molar refractivity (Wildman–Crippen MR) is 239 cm³/mol. The summed E-state index contributed by atoms with van der Waals surface area (Å²) in [5.41, 5.74) is 17.6. The maximum Gasteiger partial charge on any atom is 0.276 e. The van der Waals surface area contributed by atoms with Gasteiger partial charge in [0, 0.05) is 56.5 Å². The Morgan fingerprint density at radius 2 is 1.17 bits per heavy atom. The summed E-state index contributed by atoms with van der Waals surface area (Å²) >= 11 is 0. The number of amides is 4. The molecule has 326 valence electrons. The molecule has 63 heavy (non-hydrogen) atoms. The Balaban J connectivity index is 1.27. The summed E-state index contributed by atoms with van der Waals surface area (Å²) in [6.07, 6.45) is 4.26. The lowest BCUT2D eigenvalue weighted by molar-refractivity contribution is 0.0991. The molecule has 7 N–H and O–H groups in total. The fourth-order valence-corrected chi connectivity index (χ4v) is 7.30. The second-order valence-corrected chi connectivity index (χ2v) is 14.6. The number of rotatable bonds is 18. The molecular weight excluding hydrogens is 807 g/mol. The predicted octanol–water partition coefficient (Wildman–Crippen LogP) is 5.07. The van der Waals surface area contributed by atoms with Crippen LogP contribution in [0.2, 0.25) is 0 Å². The number of carbonyl (C=O) groups excluding carboxylic acids is 4. The molecule has 0 saturated heterocycles. The van der Waals surface area contributed by atoms with E-state index in [0.717, 1.165) is 11.3 Å². The first kappa shape index (κ1) is 43.1. The van der Waals surface area contributed by atoms with E-state index in [-0.39, 0.29) is 42.7 Å². The first-order chi connectivity index (χ1) is 30.3. The third kappa shape index (κ3) is 9.07. The zero-order chi connectivity index (χ0) is 44.9. The minimum Gasteiger partial charge on any atom is -0.494 e. The number of benzene rings is 3. The normalized spacial score (nSPS) is 11.4. The van der Waals surface area contributed by atoms with Gasteiger partial charge >= 0.3 is 0 Å². The van der Waals surface area contributed by atoms with Crippen molar-refractivity contribution in [3.63, 3.8) is 0 Å². The lowest BCUT2D eigenvalue weighted by Gasteiger charge is -2.13. The molecule has 4 aromatic heterocycles. The second-order valence-electron chi connectivity index (χ2n) is 14.6. The Bertz CT molecular complexity index is 2900. The summed E-state index contributed by atoms with van der Waals surface area (Å²) in [4.78, 5) is 61.8. The van der Waals surface area contributed by atoms with E-state index >= 15 is 0 Å². The van der Waals surface area contributed by atoms with Gasteiger partial charge in [0.2, 0.25) is 23.7 Å².